The van der Waals surface area contributed by atoms with E-state index < -0.39 is 0 Å². The number of benzene rings is 1. The van der Waals surface area contributed by atoms with Crippen molar-refractivity contribution in [1.29, 1.82) is 0 Å². The van der Waals surface area contributed by atoms with Gasteiger partial charge in [-0.15, -0.1) is 0 Å². The molecule has 13 heavy (non-hydrogen) atoms. The topological polar surface area (TPSA) is 25.8 Å². The standard InChI is InChI=1S/C9H9FN2S/c1-4-5(2)8-9(12-13-11-8)6(3)7(4)10/h1-3H3. The zero-order valence-electron chi connectivity index (χ0n) is 7.68. The van der Waals surface area contributed by atoms with E-state index in [-0.39, 0.29) is 5.82 Å². The van der Waals surface area contributed by atoms with Crippen LogP contribution in [-0.2, 0) is 0 Å². The summed E-state index contributed by atoms with van der Waals surface area (Å²) >= 11 is 1.13. The Kier molecular flexibility index (Phi) is 1.80. The molecule has 2 rings (SSSR count). The Hall–Kier alpha value is -1.03. The van der Waals surface area contributed by atoms with E-state index in [2.05, 4.69) is 8.75 Å². The van der Waals surface area contributed by atoms with Gasteiger partial charge in [-0.1, -0.05) is 0 Å². The summed E-state index contributed by atoms with van der Waals surface area (Å²) in [4.78, 5) is 0. The first-order chi connectivity index (χ1) is 6.13. The van der Waals surface area contributed by atoms with Crippen molar-refractivity contribution in [3.63, 3.8) is 0 Å². The van der Waals surface area contributed by atoms with Crippen LogP contribution in [0.4, 0.5) is 4.39 Å². The van der Waals surface area contributed by atoms with Crippen molar-refractivity contribution in [2.24, 2.45) is 0 Å². The van der Waals surface area contributed by atoms with E-state index in [9.17, 15) is 4.39 Å². The molecule has 4 heteroatoms. The summed E-state index contributed by atoms with van der Waals surface area (Å²) in [5.41, 5.74) is 3.71. The predicted molar refractivity (Wildman–Crippen MR) is 51.6 cm³/mol. The van der Waals surface area contributed by atoms with Gasteiger partial charge in [-0.2, -0.15) is 8.75 Å². The molecule has 68 valence electrons. The van der Waals surface area contributed by atoms with E-state index in [1.54, 1.807) is 13.8 Å². The fourth-order valence-electron chi connectivity index (χ4n) is 1.41. The molecule has 0 fully saturated rings. The third kappa shape index (κ3) is 1.05. The summed E-state index contributed by atoms with van der Waals surface area (Å²) < 4.78 is 21.8. The first-order valence-electron chi connectivity index (χ1n) is 4.00. The minimum absolute atomic E-state index is 0.155. The van der Waals surface area contributed by atoms with Gasteiger partial charge in [0.15, 0.2) is 0 Å². The molecule has 0 atom stereocenters. The largest absolute Gasteiger partial charge is 0.206 e. The molecule has 0 aliphatic heterocycles. The number of aryl methyl sites for hydroxylation is 2. The van der Waals surface area contributed by atoms with E-state index in [0.717, 1.165) is 22.8 Å². The number of hydrogen-bond donors (Lipinski definition) is 0. The van der Waals surface area contributed by atoms with Gasteiger partial charge >= 0.3 is 0 Å². The van der Waals surface area contributed by atoms with Gasteiger partial charge in [-0.3, -0.25) is 0 Å². The van der Waals surface area contributed by atoms with Crippen molar-refractivity contribution < 1.29 is 4.39 Å². The third-order valence-electron chi connectivity index (χ3n) is 2.42. The number of rotatable bonds is 0. The van der Waals surface area contributed by atoms with Crippen LogP contribution in [0.15, 0.2) is 0 Å². The van der Waals surface area contributed by atoms with E-state index in [1.165, 1.54) is 0 Å². The molecule has 0 aliphatic rings. The Bertz CT molecular complexity index is 434. The van der Waals surface area contributed by atoms with E-state index in [0.29, 0.717) is 16.6 Å². The maximum absolute atomic E-state index is 13.5. The fraction of sp³-hybridized carbons (Fsp3) is 0.333. The van der Waals surface area contributed by atoms with Crippen LogP contribution >= 0.6 is 11.7 Å². The zero-order valence-corrected chi connectivity index (χ0v) is 8.50. The molecular weight excluding hydrogens is 187 g/mol. The third-order valence-corrected chi connectivity index (χ3v) is 2.95. The Morgan fingerprint density at radius 2 is 1.46 bits per heavy atom. The molecule has 0 bridgehead atoms. The van der Waals surface area contributed by atoms with Gasteiger partial charge in [0.1, 0.15) is 16.9 Å². The molecule has 1 aromatic carbocycles. The van der Waals surface area contributed by atoms with Crippen LogP contribution in [0.25, 0.3) is 11.0 Å². The van der Waals surface area contributed by atoms with Gasteiger partial charge in [0.2, 0.25) is 0 Å². The van der Waals surface area contributed by atoms with Crippen LogP contribution in [-0.4, -0.2) is 8.75 Å². The quantitative estimate of drug-likeness (QED) is 0.647. The number of hydrogen-bond acceptors (Lipinski definition) is 3. The predicted octanol–water partition coefficient (Wildman–Crippen LogP) is 2.76. The Labute approximate surface area is 79.7 Å². The van der Waals surface area contributed by atoms with Crippen molar-refractivity contribution in [2.75, 3.05) is 0 Å². The molecule has 0 N–H and O–H groups in total. The van der Waals surface area contributed by atoms with E-state index in [1.807, 2.05) is 6.92 Å². The highest BCUT2D eigenvalue weighted by Gasteiger charge is 2.14. The van der Waals surface area contributed by atoms with Gasteiger partial charge in [0.05, 0.1) is 11.7 Å². The SMILES string of the molecule is Cc1c(F)c(C)c2nsnc2c1C. The van der Waals surface area contributed by atoms with Crippen LogP contribution in [0.2, 0.25) is 0 Å². The lowest BCUT2D eigenvalue weighted by molar-refractivity contribution is 0.610. The highest BCUT2D eigenvalue weighted by Crippen LogP contribution is 2.26. The van der Waals surface area contributed by atoms with Crippen molar-refractivity contribution in [3.05, 3.63) is 22.5 Å². The number of fused-ring (bicyclic) bond motifs is 1. The molecule has 1 heterocycles. The molecule has 0 unspecified atom stereocenters. The van der Waals surface area contributed by atoms with Crippen LogP contribution in [0, 0.1) is 26.6 Å². The minimum atomic E-state index is -0.155. The van der Waals surface area contributed by atoms with E-state index >= 15 is 0 Å². The average Bonchev–Trinajstić information content (AvgIpc) is 2.59. The Morgan fingerprint density at radius 1 is 0.923 bits per heavy atom. The van der Waals surface area contributed by atoms with Crippen molar-refractivity contribution in [3.8, 4) is 0 Å². The molecule has 2 aromatic rings. The summed E-state index contributed by atoms with van der Waals surface area (Å²) in [6.07, 6.45) is 0. The summed E-state index contributed by atoms with van der Waals surface area (Å²) in [5.74, 6) is -0.155. The monoisotopic (exact) mass is 196 g/mol. The highest BCUT2D eigenvalue weighted by atomic mass is 32.1. The Balaban J connectivity index is 3.02. The zero-order chi connectivity index (χ0) is 9.59. The van der Waals surface area contributed by atoms with Gasteiger partial charge in [0.25, 0.3) is 0 Å². The van der Waals surface area contributed by atoms with Gasteiger partial charge in [0, 0.05) is 5.56 Å². The van der Waals surface area contributed by atoms with Crippen LogP contribution in [0.5, 0.6) is 0 Å². The maximum atomic E-state index is 13.5. The van der Waals surface area contributed by atoms with E-state index in [4.69, 9.17) is 0 Å². The van der Waals surface area contributed by atoms with Crippen molar-refractivity contribution in [2.45, 2.75) is 20.8 Å². The summed E-state index contributed by atoms with van der Waals surface area (Å²) in [5, 5.41) is 0. The lowest BCUT2D eigenvalue weighted by Crippen LogP contribution is -1.94. The van der Waals surface area contributed by atoms with Crippen LogP contribution < -0.4 is 0 Å². The lowest BCUT2D eigenvalue weighted by Gasteiger charge is -2.04. The number of aromatic nitrogens is 2. The van der Waals surface area contributed by atoms with Gasteiger partial charge < -0.3 is 0 Å². The number of halogens is 1. The van der Waals surface area contributed by atoms with Crippen molar-refractivity contribution >= 4 is 22.8 Å². The maximum Gasteiger partial charge on any atom is 0.131 e. The Morgan fingerprint density at radius 3 is 2.08 bits per heavy atom. The second kappa shape index (κ2) is 2.73. The molecule has 1 aromatic heterocycles. The smallest absolute Gasteiger partial charge is 0.131 e. The average molecular weight is 196 g/mol. The minimum Gasteiger partial charge on any atom is -0.206 e. The highest BCUT2D eigenvalue weighted by molar-refractivity contribution is 7.00. The molecule has 0 aliphatic carbocycles. The van der Waals surface area contributed by atoms with Gasteiger partial charge in [-0.05, 0) is 31.9 Å². The summed E-state index contributed by atoms with van der Waals surface area (Å²) in [6.45, 7) is 5.39. The first-order valence-corrected chi connectivity index (χ1v) is 4.73. The van der Waals surface area contributed by atoms with Crippen molar-refractivity contribution in [1.82, 2.24) is 8.75 Å². The molecule has 0 amide bonds. The normalized spacial score (nSPS) is 11.1. The van der Waals surface area contributed by atoms with Gasteiger partial charge in [-0.25, -0.2) is 4.39 Å². The molecule has 0 spiro atoms. The number of nitrogens with zero attached hydrogens (tertiary/aromatic N) is 2. The first kappa shape index (κ1) is 8.56. The van der Waals surface area contributed by atoms with Crippen LogP contribution in [0.1, 0.15) is 16.7 Å². The summed E-state index contributed by atoms with van der Waals surface area (Å²) in [7, 11) is 0. The lowest BCUT2D eigenvalue weighted by atomic mass is 10.0. The fourth-order valence-corrected chi connectivity index (χ4v) is 2.06. The summed E-state index contributed by atoms with van der Waals surface area (Å²) in [6, 6.07) is 0. The molecular formula is C9H9FN2S. The second-order valence-corrected chi connectivity index (χ2v) is 3.68. The molecule has 0 radical (unpaired) electrons. The molecule has 0 saturated carbocycles. The molecule has 2 nitrogen and oxygen atoms in total. The second-order valence-electron chi connectivity index (χ2n) is 3.15. The molecule has 0 saturated heterocycles. The van der Waals surface area contributed by atoms with Crippen LogP contribution in [0.3, 0.4) is 0 Å².